The first-order valence-corrected chi connectivity index (χ1v) is 7.67. The molecule has 2 rings (SSSR count). The number of hydrogen-bond acceptors (Lipinski definition) is 2. The maximum absolute atomic E-state index is 6.10. The van der Waals surface area contributed by atoms with E-state index >= 15 is 0 Å². The zero-order valence-electron chi connectivity index (χ0n) is 11.9. The van der Waals surface area contributed by atoms with Crippen molar-refractivity contribution < 1.29 is 4.74 Å². The Morgan fingerprint density at radius 1 is 1.32 bits per heavy atom. The van der Waals surface area contributed by atoms with Gasteiger partial charge in [-0.05, 0) is 43.4 Å². The SMILES string of the molecule is Cc1ccc(Cl)c(OCCNC2CCCCC2C)c1. The Balaban J connectivity index is 1.73. The van der Waals surface area contributed by atoms with E-state index in [-0.39, 0.29) is 0 Å². The summed E-state index contributed by atoms with van der Waals surface area (Å²) >= 11 is 6.10. The van der Waals surface area contributed by atoms with E-state index in [9.17, 15) is 0 Å². The molecule has 1 saturated carbocycles. The Hall–Kier alpha value is -0.730. The van der Waals surface area contributed by atoms with Gasteiger partial charge in [0.05, 0.1) is 5.02 Å². The molecule has 0 spiro atoms. The van der Waals surface area contributed by atoms with E-state index in [0.29, 0.717) is 17.7 Å². The number of benzene rings is 1. The van der Waals surface area contributed by atoms with Crippen molar-refractivity contribution in [1.82, 2.24) is 5.32 Å². The van der Waals surface area contributed by atoms with E-state index in [0.717, 1.165) is 18.2 Å². The lowest BCUT2D eigenvalue weighted by Gasteiger charge is -2.29. The number of halogens is 1. The van der Waals surface area contributed by atoms with Crippen LogP contribution >= 0.6 is 11.6 Å². The lowest BCUT2D eigenvalue weighted by Crippen LogP contribution is -2.39. The molecule has 0 amide bonds. The summed E-state index contributed by atoms with van der Waals surface area (Å²) < 4.78 is 5.75. The summed E-state index contributed by atoms with van der Waals surface area (Å²) in [5.41, 5.74) is 1.17. The van der Waals surface area contributed by atoms with Crippen LogP contribution in [0.1, 0.15) is 38.2 Å². The molecule has 1 aromatic carbocycles. The Bertz CT molecular complexity index is 408. The number of hydrogen-bond donors (Lipinski definition) is 1. The van der Waals surface area contributed by atoms with Crippen LogP contribution in [0.15, 0.2) is 18.2 Å². The predicted octanol–water partition coefficient (Wildman–Crippen LogP) is 4.20. The van der Waals surface area contributed by atoms with Crippen LogP contribution in [0.5, 0.6) is 5.75 Å². The van der Waals surface area contributed by atoms with E-state index in [1.165, 1.54) is 31.2 Å². The molecule has 0 saturated heterocycles. The highest BCUT2D eigenvalue weighted by atomic mass is 35.5. The van der Waals surface area contributed by atoms with Crippen molar-refractivity contribution in [1.29, 1.82) is 0 Å². The molecule has 0 bridgehead atoms. The van der Waals surface area contributed by atoms with Crippen LogP contribution in [-0.4, -0.2) is 19.2 Å². The molecule has 0 aliphatic heterocycles. The van der Waals surface area contributed by atoms with Gasteiger partial charge in [-0.2, -0.15) is 0 Å². The normalized spacial score (nSPS) is 23.3. The first kappa shape index (κ1) is 14.7. The third kappa shape index (κ3) is 4.39. The van der Waals surface area contributed by atoms with Gasteiger partial charge in [0.25, 0.3) is 0 Å². The molecule has 0 radical (unpaired) electrons. The molecule has 3 heteroatoms. The van der Waals surface area contributed by atoms with Crippen LogP contribution < -0.4 is 10.1 Å². The average Bonchev–Trinajstić information content (AvgIpc) is 2.40. The van der Waals surface area contributed by atoms with Crippen molar-refractivity contribution in [3.63, 3.8) is 0 Å². The second kappa shape index (κ2) is 7.16. The van der Waals surface area contributed by atoms with Crippen LogP contribution in [0.25, 0.3) is 0 Å². The second-order valence-corrected chi connectivity index (χ2v) is 6.01. The lowest BCUT2D eigenvalue weighted by molar-refractivity contribution is 0.251. The van der Waals surface area contributed by atoms with Gasteiger partial charge in [-0.25, -0.2) is 0 Å². The Kier molecular flexibility index (Phi) is 5.53. The monoisotopic (exact) mass is 281 g/mol. The molecule has 1 N–H and O–H groups in total. The fourth-order valence-corrected chi connectivity index (χ4v) is 2.92. The largest absolute Gasteiger partial charge is 0.491 e. The minimum Gasteiger partial charge on any atom is -0.491 e. The molecule has 1 aromatic rings. The van der Waals surface area contributed by atoms with E-state index in [2.05, 4.69) is 12.2 Å². The maximum Gasteiger partial charge on any atom is 0.138 e. The van der Waals surface area contributed by atoms with Gasteiger partial charge in [-0.15, -0.1) is 0 Å². The summed E-state index contributed by atoms with van der Waals surface area (Å²) in [5, 5.41) is 4.30. The van der Waals surface area contributed by atoms with Crippen molar-refractivity contribution in [2.75, 3.05) is 13.2 Å². The first-order chi connectivity index (χ1) is 9.16. The number of ether oxygens (including phenoxy) is 1. The molecule has 2 atom stereocenters. The zero-order chi connectivity index (χ0) is 13.7. The van der Waals surface area contributed by atoms with Crippen molar-refractivity contribution in [3.8, 4) is 5.75 Å². The summed E-state index contributed by atoms with van der Waals surface area (Å²) in [4.78, 5) is 0. The molecule has 1 aliphatic carbocycles. The van der Waals surface area contributed by atoms with E-state index in [4.69, 9.17) is 16.3 Å². The molecule has 2 nitrogen and oxygen atoms in total. The van der Waals surface area contributed by atoms with Crippen molar-refractivity contribution >= 4 is 11.6 Å². The quantitative estimate of drug-likeness (QED) is 0.817. The first-order valence-electron chi connectivity index (χ1n) is 7.29. The van der Waals surface area contributed by atoms with E-state index in [1.807, 2.05) is 25.1 Å². The second-order valence-electron chi connectivity index (χ2n) is 5.60. The third-order valence-electron chi connectivity index (χ3n) is 3.96. The van der Waals surface area contributed by atoms with Crippen LogP contribution in [0.3, 0.4) is 0 Å². The van der Waals surface area contributed by atoms with E-state index in [1.54, 1.807) is 0 Å². The minimum atomic E-state index is 0.658. The zero-order valence-corrected chi connectivity index (χ0v) is 12.7. The molecule has 0 heterocycles. The molecular weight excluding hydrogens is 258 g/mol. The Morgan fingerprint density at radius 3 is 2.89 bits per heavy atom. The van der Waals surface area contributed by atoms with Gasteiger partial charge >= 0.3 is 0 Å². The van der Waals surface area contributed by atoms with Gasteiger partial charge in [-0.1, -0.05) is 37.4 Å². The highest BCUT2D eigenvalue weighted by molar-refractivity contribution is 6.32. The molecule has 2 unspecified atom stereocenters. The molecule has 0 aromatic heterocycles. The summed E-state index contributed by atoms with van der Waals surface area (Å²) in [6.45, 7) is 5.95. The summed E-state index contributed by atoms with van der Waals surface area (Å²) in [6.07, 6.45) is 5.38. The van der Waals surface area contributed by atoms with Gasteiger partial charge in [-0.3, -0.25) is 0 Å². The van der Waals surface area contributed by atoms with Crippen molar-refractivity contribution in [2.45, 2.75) is 45.6 Å². The van der Waals surface area contributed by atoms with Crippen molar-refractivity contribution in [2.24, 2.45) is 5.92 Å². The number of nitrogens with one attached hydrogen (secondary N) is 1. The standard InChI is InChI=1S/C16H24ClNO/c1-12-7-8-14(17)16(11-12)19-10-9-18-15-6-4-3-5-13(15)2/h7-8,11,13,15,18H,3-6,9-10H2,1-2H3. The van der Waals surface area contributed by atoms with Crippen LogP contribution in [-0.2, 0) is 0 Å². The number of aryl methyl sites for hydroxylation is 1. The molecule has 1 fully saturated rings. The highest BCUT2D eigenvalue weighted by Gasteiger charge is 2.20. The van der Waals surface area contributed by atoms with Gasteiger partial charge in [0.2, 0.25) is 0 Å². The third-order valence-corrected chi connectivity index (χ3v) is 4.28. The van der Waals surface area contributed by atoms with Crippen LogP contribution in [0, 0.1) is 12.8 Å². The number of rotatable bonds is 5. The van der Waals surface area contributed by atoms with Crippen LogP contribution in [0.4, 0.5) is 0 Å². The van der Waals surface area contributed by atoms with Gasteiger partial charge in [0.1, 0.15) is 12.4 Å². The smallest absolute Gasteiger partial charge is 0.138 e. The molecule has 106 valence electrons. The summed E-state index contributed by atoms with van der Waals surface area (Å²) in [6, 6.07) is 6.54. The molecule has 1 aliphatic rings. The van der Waals surface area contributed by atoms with Gasteiger partial charge in [0.15, 0.2) is 0 Å². The topological polar surface area (TPSA) is 21.3 Å². The highest BCUT2D eigenvalue weighted by Crippen LogP contribution is 2.25. The Morgan fingerprint density at radius 2 is 2.11 bits per heavy atom. The molecule has 19 heavy (non-hydrogen) atoms. The molecular formula is C16H24ClNO. The van der Waals surface area contributed by atoms with Crippen molar-refractivity contribution in [3.05, 3.63) is 28.8 Å². The maximum atomic E-state index is 6.10. The van der Waals surface area contributed by atoms with Gasteiger partial charge in [0, 0.05) is 12.6 Å². The minimum absolute atomic E-state index is 0.658. The summed E-state index contributed by atoms with van der Waals surface area (Å²) in [7, 11) is 0. The average molecular weight is 282 g/mol. The van der Waals surface area contributed by atoms with Gasteiger partial charge < -0.3 is 10.1 Å². The fraction of sp³-hybridized carbons (Fsp3) is 0.625. The lowest BCUT2D eigenvalue weighted by atomic mass is 9.86. The summed E-state index contributed by atoms with van der Waals surface area (Å²) in [5.74, 6) is 1.58. The Labute approximate surface area is 121 Å². The van der Waals surface area contributed by atoms with E-state index < -0.39 is 0 Å². The fourth-order valence-electron chi connectivity index (χ4n) is 2.75. The predicted molar refractivity (Wildman–Crippen MR) is 81.1 cm³/mol. The van der Waals surface area contributed by atoms with Crippen LogP contribution in [0.2, 0.25) is 5.02 Å².